The Labute approximate surface area is 159 Å². The quantitative estimate of drug-likeness (QED) is 0.646. The second-order valence-corrected chi connectivity index (χ2v) is 6.59. The molecule has 138 valence electrons. The third kappa shape index (κ3) is 3.26. The van der Waals surface area contributed by atoms with Crippen LogP contribution in [0.5, 0.6) is 0 Å². The van der Waals surface area contributed by atoms with Gasteiger partial charge < -0.3 is 9.64 Å². The summed E-state index contributed by atoms with van der Waals surface area (Å²) >= 11 is 0. The van der Waals surface area contributed by atoms with Crippen molar-refractivity contribution in [3.8, 4) is 11.3 Å². The largest absolute Gasteiger partial charge is 0.382 e. The number of H-pyrrole nitrogens is 1. The van der Waals surface area contributed by atoms with Crippen molar-refractivity contribution in [3.63, 3.8) is 0 Å². The number of nitrogens with one attached hydrogen (secondary N) is 1. The number of hydrogen-bond donors (Lipinski definition) is 1. The van der Waals surface area contributed by atoms with Gasteiger partial charge in [0.2, 0.25) is 0 Å². The lowest BCUT2D eigenvalue weighted by molar-refractivity contribution is 0.0710. The van der Waals surface area contributed by atoms with Gasteiger partial charge in [0.15, 0.2) is 0 Å². The molecule has 0 saturated heterocycles. The summed E-state index contributed by atoms with van der Waals surface area (Å²) in [6, 6.07) is 20.1. The Hall–Kier alpha value is -2.92. The number of rotatable bonds is 7. The number of fused-ring (bicyclic) bond motifs is 1. The topological polar surface area (TPSA) is 58.2 Å². The number of aromatic amines is 1. The number of ether oxygens (including phenoxy) is 1. The molecule has 1 amide bonds. The van der Waals surface area contributed by atoms with E-state index in [0.29, 0.717) is 25.5 Å². The van der Waals surface area contributed by atoms with Gasteiger partial charge in [-0.3, -0.25) is 9.89 Å². The fourth-order valence-corrected chi connectivity index (χ4v) is 3.71. The first-order valence-electron chi connectivity index (χ1n) is 9.38. The molecule has 0 fully saturated rings. The van der Waals surface area contributed by atoms with E-state index in [1.165, 1.54) is 0 Å². The van der Waals surface area contributed by atoms with Crippen molar-refractivity contribution in [2.24, 2.45) is 0 Å². The number of nitrogens with zero attached hydrogens (tertiary/aromatic N) is 2. The molecule has 5 nitrogen and oxygen atoms in total. The predicted octanol–water partition coefficient (Wildman–Crippen LogP) is 4.05. The molecule has 0 radical (unpaired) electrons. The van der Waals surface area contributed by atoms with E-state index in [-0.39, 0.29) is 11.9 Å². The van der Waals surface area contributed by atoms with Crippen LogP contribution < -0.4 is 0 Å². The minimum absolute atomic E-state index is 0.00466. The summed E-state index contributed by atoms with van der Waals surface area (Å²) in [4.78, 5) is 15.0. The smallest absolute Gasteiger partial charge is 0.273 e. The Morgan fingerprint density at radius 2 is 1.78 bits per heavy atom. The van der Waals surface area contributed by atoms with E-state index in [9.17, 15) is 4.79 Å². The normalized spacial score (nSPS) is 16.0. The third-order valence-corrected chi connectivity index (χ3v) is 4.92. The molecule has 1 N–H and O–H groups in total. The molecule has 1 atom stereocenters. The molecule has 2 aromatic carbocycles. The van der Waals surface area contributed by atoms with Gasteiger partial charge in [-0.15, -0.1) is 0 Å². The highest BCUT2D eigenvalue weighted by Crippen LogP contribution is 2.42. The van der Waals surface area contributed by atoms with Crippen LogP contribution in [-0.4, -0.2) is 40.8 Å². The van der Waals surface area contributed by atoms with Crippen LogP contribution >= 0.6 is 0 Å². The van der Waals surface area contributed by atoms with Crippen LogP contribution in [-0.2, 0) is 4.74 Å². The molecule has 4 rings (SSSR count). The van der Waals surface area contributed by atoms with Gasteiger partial charge in [0.05, 0.1) is 11.7 Å². The molecule has 0 saturated carbocycles. The van der Waals surface area contributed by atoms with E-state index in [2.05, 4.69) is 22.3 Å². The van der Waals surface area contributed by atoms with E-state index in [1.807, 2.05) is 60.4 Å². The molecule has 1 unspecified atom stereocenters. The van der Waals surface area contributed by atoms with E-state index >= 15 is 0 Å². The summed E-state index contributed by atoms with van der Waals surface area (Å²) in [5.41, 5.74) is 4.52. The highest BCUT2D eigenvalue weighted by molar-refractivity contribution is 6.00. The molecule has 27 heavy (non-hydrogen) atoms. The summed E-state index contributed by atoms with van der Waals surface area (Å²) in [6.07, 6.45) is 0.807. The van der Waals surface area contributed by atoms with Gasteiger partial charge in [-0.05, 0) is 18.9 Å². The van der Waals surface area contributed by atoms with E-state index in [4.69, 9.17) is 4.74 Å². The fourth-order valence-electron chi connectivity index (χ4n) is 3.71. The zero-order valence-corrected chi connectivity index (χ0v) is 15.4. The van der Waals surface area contributed by atoms with Gasteiger partial charge in [0.25, 0.3) is 5.91 Å². The SMILES string of the molecule is CCOCCCN1C(=O)c2[nH]nc(-c3ccccc3)c2C1c1ccccc1. The maximum Gasteiger partial charge on any atom is 0.273 e. The van der Waals surface area contributed by atoms with Crippen LogP contribution in [0.15, 0.2) is 60.7 Å². The minimum Gasteiger partial charge on any atom is -0.382 e. The average Bonchev–Trinajstić information content (AvgIpc) is 3.26. The van der Waals surface area contributed by atoms with Crippen molar-refractivity contribution in [2.45, 2.75) is 19.4 Å². The summed E-state index contributed by atoms with van der Waals surface area (Å²) in [5, 5.41) is 7.47. The summed E-state index contributed by atoms with van der Waals surface area (Å²) < 4.78 is 5.46. The molecular weight excluding hydrogens is 338 g/mol. The zero-order valence-electron chi connectivity index (χ0n) is 15.4. The monoisotopic (exact) mass is 361 g/mol. The first-order valence-corrected chi connectivity index (χ1v) is 9.38. The molecule has 0 aliphatic carbocycles. The Bertz CT molecular complexity index is 906. The van der Waals surface area contributed by atoms with Crippen LogP contribution in [0.2, 0.25) is 0 Å². The Kier molecular flexibility index (Phi) is 5.03. The van der Waals surface area contributed by atoms with Crippen LogP contribution in [0, 0.1) is 0 Å². The minimum atomic E-state index is -0.135. The lowest BCUT2D eigenvalue weighted by atomic mass is 9.96. The lowest BCUT2D eigenvalue weighted by Crippen LogP contribution is -2.31. The fraction of sp³-hybridized carbons (Fsp3) is 0.273. The Morgan fingerprint density at radius 1 is 1.07 bits per heavy atom. The van der Waals surface area contributed by atoms with Crippen molar-refractivity contribution < 1.29 is 9.53 Å². The third-order valence-electron chi connectivity index (χ3n) is 4.92. The molecular formula is C22H23N3O2. The highest BCUT2D eigenvalue weighted by atomic mass is 16.5. The van der Waals surface area contributed by atoms with Gasteiger partial charge in [-0.2, -0.15) is 5.10 Å². The van der Waals surface area contributed by atoms with Crippen molar-refractivity contribution in [1.29, 1.82) is 0 Å². The second-order valence-electron chi connectivity index (χ2n) is 6.59. The Balaban J connectivity index is 1.74. The maximum atomic E-state index is 13.1. The van der Waals surface area contributed by atoms with Gasteiger partial charge in [0.1, 0.15) is 5.69 Å². The Morgan fingerprint density at radius 3 is 2.48 bits per heavy atom. The lowest BCUT2D eigenvalue weighted by Gasteiger charge is -2.26. The van der Waals surface area contributed by atoms with E-state index < -0.39 is 0 Å². The van der Waals surface area contributed by atoms with Crippen molar-refractivity contribution in [3.05, 3.63) is 77.5 Å². The maximum absolute atomic E-state index is 13.1. The first-order chi connectivity index (χ1) is 13.3. The zero-order chi connectivity index (χ0) is 18.6. The molecule has 1 aliphatic rings. The standard InChI is InChI=1S/C22H23N3O2/c1-2-27-15-9-14-25-21(17-12-7-4-8-13-17)18-19(16-10-5-3-6-11-16)23-24-20(18)22(25)26/h3-8,10-13,21H,2,9,14-15H2,1H3,(H,23,24). The van der Waals surface area contributed by atoms with Crippen molar-refractivity contribution in [1.82, 2.24) is 15.1 Å². The van der Waals surface area contributed by atoms with Gasteiger partial charge in [-0.25, -0.2) is 0 Å². The number of carbonyl (C=O) groups excluding carboxylic acids is 1. The summed E-state index contributed by atoms with van der Waals surface area (Å²) in [6.45, 7) is 3.97. The summed E-state index contributed by atoms with van der Waals surface area (Å²) in [5.74, 6) is 0.00466. The number of amides is 1. The van der Waals surface area contributed by atoms with Crippen molar-refractivity contribution >= 4 is 5.91 Å². The van der Waals surface area contributed by atoms with Crippen LogP contribution in [0.1, 0.15) is 41.0 Å². The van der Waals surface area contributed by atoms with Gasteiger partial charge >= 0.3 is 0 Å². The van der Waals surface area contributed by atoms with Gasteiger partial charge in [-0.1, -0.05) is 60.7 Å². The second kappa shape index (κ2) is 7.76. The summed E-state index contributed by atoms with van der Waals surface area (Å²) in [7, 11) is 0. The molecule has 0 bridgehead atoms. The first kappa shape index (κ1) is 17.5. The molecule has 5 heteroatoms. The van der Waals surface area contributed by atoms with Crippen LogP contribution in [0.3, 0.4) is 0 Å². The number of carbonyl (C=O) groups is 1. The van der Waals surface area contributed by atoms with E-state index in [0.717, 1.165) is 28.8 Å². The molecule has 1 aromatic heterocycles. The highest BCUT2D eigenvalue weighted by Gasteiger charge is 2.41. The number of aromatic nitrogens is 2. The predicted molar refractivity (Wildman–Crippen MR) is 104 cm³/mol. The molecule has 0 spiro atoms. The number of benzene rings is 2. The average molecular weight is 361 g/mol. The number of hydrogen-bond acceptors (Lipinski definition) is 3. The van der Waals surface area contributed by atoms with E-state index in [1.54, 1.807) is 0 Å². The molecule has 1 aliphatic heterocycles. The molecule has 3 aromatic rings. The van der Waals surface area contributed by atoms with Crippen LogP contribution in [0.25, 0.3) is 11.3 Å². The molecule has 2 heterocycles. The van der Waals surface area contributed by atoms with Crippen molar-refractivity contribution in [2.75, 3.05) is 19.8 Å². The van der Waals surface area contributed by atoms with Gasteiger partial charge in [0, 0.05) is 30.9 Å². The van der Waals surface area contributed by atoms with Crippen LogP contribution in [0.4, 0.5) is 0 Å².